The second-order valence-corrected chi connectivity index (χ2v) is 11.3. The van der Waals surface area contributed by atoms with E-state index in [9.17, 15) is 17.6 Å². The smallest absolute Gasteiger partial charge is 0.252 e. The molecule has 0 aliphatic carbocycles. The van der Waals surface area contributed by atoms with E-state index >= 15 is 0 Å². The number of anilines is 1. The largest absolute Gasteiger partial charge is 0.489 e. The minimum absolute atomic E-state index is 0.0252. The van der Waals surface area contributed by atoms with Crippen molar-refractivity contribution in [1.82, 2.24) is 0 Å². The van der Waals surface area contributed by atoms with Crippen molar-refractivity contribution in [3.63, 3.8) is 0 Å². The summed E-state index contributed by atoms with van der Waals surface area (Å²) in [7, 11) is -3.76. The van der Waals surface area contributed by atoms with E-state index in [2.05, 4.69) is 0 Å². The Hall–Kier alpha value is -3.89. The molecule has 1 amide bonds. The lowest BCUT2D eigenvalue weighted by Gasteiger charge is -2.25. The fourth-order valence-electron chi connectivity index (χ4n) is 4.27. The number of benzene rings is 3. The van der Waals surface area contributed by atoms with Crippen LogP contribution in [0.4, 0.5) is 10.1 Å². The summed E-state index contributed by atoms with van der Waals surface area (Å²) in [6, 6.07) is 18.5. The van der Waals surface area contributed by atoms with Crippen molar-refractivity contribution in [1.29, 1.82) is 0 Å². The van der Waals surface area contributed by atoms with Crippen molar-refractivity contribution in [2.45, 2.75) is 33.0 Å². The second-order valence-electron chi connectivity index (χ2n) is 9.42. The molecular weight excluding hydrogens is 523 g/mol. The lowest BCUT2D eigenvalue weighted by Crippen LogP contribution is -2.33. The van der Waals surface area contributed by atoms with Crippen LogP contribution in [0.25, 0.3) is 11.0 Å². The van der Waals surface area contributed by atoms with Gasteiger partial charge < -0.3 is 19.6 Å². The fraction of sp³-hybridized carbons (Fsp3) is 0.276. The fourth-order valence-corrected chi connectivity index (χ4v) is 5.17. The van der Waals surface area contributed by atoms with Gasteiger partial charge in [-0.15, -0.1) is 0 Å². The zero-order valence-corrected chi connectivity index (χ0v) is 22.8. The van der Waals surface area contributed by atoms with Crippen LogP contribution in [-0.4, -0.2) is 39.8 Å². The van der Waals surface area contributed by atoms with Gasteiger partial charge in [0.25, 0.3) is 5.91 Å². The second kappa shape index (κ2) is 11.9. The lowest BCUT2D eigenvalue weighted by atomic mass is 10.0. The number of nitrogens with two attached hydrogens (primary N) is 1. The normalized spacial score (nSPS) is 11.7. The number of furan rings is 1. The zero-order valence-electron chi connectivity index (χ0n) is 22.0. The average molecular weight is 555 g/mol. The minimum Gasteiger partial charge on any atom is -0.489 e. The van der Waals surface area contributed by atoms with E-state index in [0.717, 1.165) is 11.8 Å². The van der Waals surface area contributed by atoms with E-state index in [1.807, 2.05) is 44.2 Å². The number of fused-ring (bicyclic) bond motifs is 1. The summed E-state index contributed by atoms with van der Waals surface area (Å²) < 4.78 is 58.2. The van der Waals surface area contributed by atoms with Crippen LogP contribution in [0.1, 0.15) is 41.1 Å². The molecule has 0 saturated carbocycles. The van der Waals surface area contributed by atoms with Crippen LogP contribution < -0.4 is 14.8 Å². The topological polar surface area (TPSA) is 112 Å². The predicted octanol–water partition coefficient (Wildman–Crippen LogP) is 5.03. The van der Waals surface area contributed by atoms with Crippen molar-refractivity contribution in [2.75, 3.05) is 23.7 Å². The van der Waals surface area contributed by atoms with Gasteiger partial charge in [0.2, 0.25) is 10.0 Å². The van der Waals surface area contributed by atoms with Crippen LogP contribution >= 0.6 is 0 Å². The molecule has 1 aromatic heterocycles. The summed E-state index contributed by atoms with van der Waals surface area (Å²) in [5, 5.41) is 0.396. The Morgan fingerprint density at radius 3 is 2.36 bits per heavy atom. The monoisotopic (exact) mass is 554 g/mol. The molecule has 0 fully saturated rings. The summed E-state index contributed by atoms with van der Waals surface area (Å²) in [6.07, 6.45) is 0.996. The number of ether oxygens (including phenoxy) is 2. The zero-order chi connectivity index (χ0) is 28.2. The van der Waals surface area contributed by atoms with E-state index in [1.54, 1.807) is 18.2 Å². The number of hydrogen-bond donors (Lipinski definition) is 1. The third-order valence-corrected chi connectivity index (χ3v) is 7.13. The number of carbonyl (C=O) groups is 1. The number of nitrogens with zero attached hydrogens (tertiary/aromatic N) is 1. The molecule has 0 saturated heterocycles. The maximum Gasteiger partial charge on any atom is 0.252 e. The van der Waals surface area contributed by atoms with E-state index in [-0.39, 0.29) is 59.8 Å². The Bertz CT molecular complexity index is 1550. The number of halogens is 1. The van der Waals surface area contributed by atoms with Crippen molar-refractivity contribution in [3.8, 4) is 5.75 Å². The van der Waals surface area contributed by atoms with Crippen molar-refractivity contribution >= 4 is 32.6 Å². The molecule has 0 unspecified atom stereocenters. The maximum atomic E-state index is 13.4. The molecular formula is C29H31FN2O6S. The van der Waals surface area contributed by atoms with Crippen LogP contribution in [0.15, 0.2) is 71.1 Å². The first-order chi connectivity index (χ1) is 18.5. The molecule has 4 rings (SSSR count). The third kappa shape index (κ3) is 6.96. The Morgan fingerprint density at radius 2 is 1.74 bits per heavy atom. The third-order valence-electron chi connectivity index (χ3n) is 5.95. The maximum absolute atomic E-state index is 13.4. The van der Waals surface area contributed by atoms with Gasteiger partial charge >= 0.3 is 0 Å². The number of rotatable bonds is 12. The van der Waals surface area contributed by atoms with Gasteiger partial charge in [-0.25, -0.2) is 12.8 Å². The van der Waals surface area contributed by atoms with Crippen LogP contribution in [-0.2, 0) is 27.8 Å². The molecule has 0 spiro atoms. The number of amides is 1. The predicted molar refractivity (Wildman–Crippen MR) is 148 cm³/mol. The summed E-state index contributed by atoms with van der Waals surface area (Å²) >= 11 is 0. The summed E-state index contributed by atoms with van der Waals surface area (Å²) in [4.78, 5) is 12.5. The number of primary amides is 1. The number of sulfonamides is 1. The molecule has 2 N–H and O–H groups in total. The molecule has 8 nitrogen and oxygen atoms in total. The van der Waals surface area contributed by atoms with Gasteiger partial charge in [-0.2, -0.15) is 0 Å². The van der Waals surface area contributed by atoms with E-state index in [0.29, 0.717) is 17.6 Å². The van der Waals surface area contributed by atoms with Crippen molar-refractivity contribution < 1.29 is 31.5 Å². The van der Waals surface area contributed by atoms with E-state index in [1.165, 1.54) is 22.5 Å². The van der Waals surface area contributed by atoms with Gasteiger partial charge in [0, 0.05) is 17.9 Å². The molecule has 39 heavy (non-hydrogen) atoms. The van der Waals surface area contributed by atoms with Gasteiger partial charge in [-0.1, -0.05) is 42.5 Å². The summed E-state index contributed by atoms with van der Waals surface area (Å²) in [5.74, 6) is -0.549. The molecule has 3 aromatic carbocycles. The molecule has 0 aliphatic heterocycles. The molecule has 0 radical (unpaired) electrons. The van der Waals surface area contributed by atoms with Gasteiger partial charge in [0.15, 0.2) is 0 Å². The Labute approximate surface area is 227 Å². The minimum atomic E-state index is -3.76. The van der Waals surface area contributed by atoms with Gasteiger partial charge in [-0.05, 0) is 43.2 Å². The van der Waals surface area contributed by atoms with Crippen LogP contribution in [0.2, 0.25) is 0 Å². The molecule has 0 bridgehead atoms. The first-order valence-corrected chi connectivity index (χ1v) is 14.3. The summed E-state index contributed by atoms with van der Waals surface area (Å²) in [6.45, 7) is 4.11. The lowest BCUT2D eigenvalue weighted by molar-refractivity contribution is 0.1000. The average Bonchev–Trinajstić information content (AvgIpc) is 3.21. The number of hydrogen-bond acceptors (Lipinski definition) is 6. The van der Waals surface area contributed by atoms with Crippen LogP contribution in [0.5, 0.6) is 5.75 Å². The standard InChI is InChI=1S/C29H31FN2O6S/c1-19(2)37-26-16-23-25(38-27(28(23)29(31)33)15-20-9-11-22(30)12-10-20)17-24(26)32(39(3,34)35)13-14-36-18-21-7-5-4-6-8-21/h4-12,16-17,19H,13-15,18H2,1-3H3,(H2,31,33). The first kappa shape index (κ1) is 28.1. The highest BCUT2D eigenvalue weighted by Crippen LogP contribution is 2.39. The van der Waals surface area contributed by atoms with Gasteiger partial charge in [0.1, 0.15) is 22.9 Å². The Kier molecular flexibility index (Phi) is 8.57. The van der Waals surface area contributed by atoms with Crippen LogP contribution in [0.3, 0.4) is 0 Å². The Morgan fingerprint density at radius 1 is 1.05 bits per heavy atom. The summed E-state index contributed by atoms with van der Waals surface area (Å²) in [5.41, 5.74) is 8.09. The van der Waals surface area contributed by atoms with E-state index in [4.69, 9.17) is 19.6 Å². The molecule has 0 atom stereocenters. The SMILES string of the molecule is CC(C)Oc1cc2c(C(N)=O)c(Cc3ccc(F)cc3)oc2cc1N(CCOCc1ccccc1)S(C)(=O)=O. The molecule has 1 heterocycles. The quantitative estimate of drug-likeness (QED) is 0.246. The molecule has 206 valence electrons. The van der Waals surface area contributed by atoms with Crippen LogP contribution in [0, 0.1) is 5.82 Å². The molecule has 0 aliphatic rings. The number of carbonyl (C=O) groups excluding carboxylic acids is 1. The molecule has 10 heteroatoms. The van der Waals surface area contributed by atoms with Gasteiger partial charge in [-0.3, -0.25) is 9.10 Å². The van der Waals surface area contributed by atoms with Crippen molar-refractivity contribution in [3.05, 3.63) is 95.0 Å². The highest BCUT2D eigenvalue weighted by Gasteiger charge is 2.27. The Balaban J connectivity index is 1.72. The highest BCUT2D eigenvalue weighted by atomic mass is 32.2. The van der Waals surface area contributed by atoms with Crippen molar-refractivity contribution in [2.24, 2.45) is 5.73 Å². The molecule has 4 aromatic rings. The highest BCUT2D eigenvalue weighted by molar-refractivity contribution is 7.92. The first-order valence-electron chi connectivity index (χ1n) is 12.4. The van der Waals surface area contributed by atoms with Gasteiger partial charge in [0.05, 0.1) is 43.4 Å². The van der Waals surface area contributed by atoms with E-state index < -0.39 is 15.9 Å².